The minimum atomic E-state index is -0.208. The van der Waals surface area contributed by atoms with Crippen molar-refractivity contribution in [3.05, 3.63) is 69.2 Å². The smallest absolute Gasteiger partial charge is 0.266 e. The van der Waals surface area contributed by atoms with Crippen molar-refractivity contribution in [3.8, 4) is 5.69 Å². The molecular weight excluding hydrogens is 350 g/mol. The number of fused-ring (bicyclic) bond motifs is 1. The van der Waals surface area contributed by atoms with Gasteiger partial charge < -0.3 is 14.6 Å². The average molecular weight is 367 g/mol. The zero-order chi connectivity index (χ0) is 18.1. The number of carbonyl (C=O) groups is 1. The third kappa shape index (κ3) is 2.95. The van der Waals surface area contributed by atoms with E-state index in [1.54, 1.807) is 23.1 Å². The Kier molecular flexibility index (Phi) is 4.40. The maximum absolute atomic E-state index is 12.9. The predicted molar refractivity (Wildman–Crippen MR) is 101 cm³/mol. The highest BCUT2D eigenvalue weighted by molar-refractivity contribution is 7.71. The standard InChI is InChI=1S/C19H17N3O3S/c23-17(21-8-10-25-11-9-21)13-6-7-15-16(12-13)20-19(26)22(18(15)24)14-4-2-1-3-5-14/h1-7,12H,8-11H2,(H,20,26). The molecule has 1 fully saturated rings. The fourth-order valence-corrected chi connectivity index (χ4v) is 3.41. The average Bonchev–Trinajstić information content (AvgIpc) is 2.68. The van der Waals surface area contributed by atoms with Crippen molar-refractivity contribution in [3.63, 3.8) is 0 Å². The van der Waals surface area contributed by atoms with E-state index < -0.39 is 0 Å². The Labute approximate surface area is 154 Å². The van der Waals surface area contributed by atoms with Crippen LogP contribution >= 0.6 is 12.2 Å². The number of ether oxygens (including phenoxy) is 1. The monoisotopic (exact) mass is 367 g/mol. The Morgan fingerprint density at radius 1 is 1.08 bits per heavy atom. The van der Waals surface area contributed by atoms with E-state index in [2.05, 4.69) is 4.98 Å². The van der Waals surface area contributed by atoms with Gasteiger partial charge in [-0.2, -0.15) is 0 Å². The molecule has 1 aliphatic heterocycles. The van der Waals surface area contributed by atoms with Gasteiger partial charge in [0.1, 0.15) is 0 Å². The molecule has 3 aromatic rings. The molecule has 0 radical (unpaired) electrons. The van der Waals surface area contributed by atoms with E-state index in [0.29, 0.717) is 53.2 Å². The summed E-state index contributed by atoms with van der Waals surface area (Å²) < 4.78 is 7.04. The van der Waals surface area contributed by atoms with Crippen LogP contribution in [0, 0.1) is 4.77 Å². The predicted octanol–water partition coefficient (Wildman–Crippen LogP) is 2.52. The number of aromatic amines is 1. The number of benzene rings is 2. The summed E-state index contributed by atoms with van der Waals surface area (Å²) in [5.74, 6) is -0.0678. The van der Waals surface area contributed by atoms with Crippen molar-refractivity contribution in [2.75, 3.05) is 26.3 Å². The summed E-state index contributed by atoms with van der Waals surface area (Å²) >= 11 is 5.38. The minimum Gasteiger partial charge on any atom is -0.378 e. The molecule has 0 atom stereocenters. The number of hydrogen-bond donors (Lipinski definition) is 1. The molecule has 4 rings (SSSR count). The zero-order valence-corrected chi connectivity index (χ0v) is 14.8. The third-order valence-electron chi connectivity index (χ3n) is 4.46. The molecular formula is C19H17N3O3S. The zero-order valence-electron chi connectivity index (χ0n) is 14.0. The lowest BCUT2D eigenvalue weighted by Gasteiger charge is -2.26. The number of H-pyrrole nitrogens is 1. The molecule has 0 aliphatic carbocycles. The van der Waals surface area contributed by atoms with Gasteiger partial charge in [0.2, 0.25) is 0 Å². The Morgan fingerprint density at radius 2 is 1.81 bits per heavy atom. The van der Waals surface area contributed by atoms with E-state index in [4.69, 9.17) is 17.0 Å². The molecule has 1 aliphatic rings. The first kappa shape index (κ1) is 16.7. The summed E-state index contributed by atoms with van der Waals surface area (Å²) in [6, 6.07) is 14.3. The van der Waals surface area contributed by atoms with Crippen molar-refractivity contribution < 1.29 is 9.53 Å². The Morgan fingerprint density at radius 3 is 2.54 bits per heavy atom. The highest BCUT2D eigenvalue weighted by Gasteiger charge is 2.19. The molecule has 0 bridgehead atoms. The largest absolute Gasteiger partial charge is 0.378 e. The van der Waals surface area contributed by atoms with Crippen LogP contribution in [0.4, 0.5) is 0 Å². The first-order chi connectivity index (χ1) is 12.6. The van der Waals surface area contributed by atoms with Gasteiger partial charge in [-0.1, -0.05) is 18.2 Å². The molecule has 0 spiro atoms. The highest BCUT2D eigenvalue weighted by Crippen LogP contribution is 2.15. The summed E-state index contributed by atoms with van der Waals surface area (Å²) in [5.41, 5.74) is 1.59. The molecule has 1 saturated heterocycles. The summed E-state index contributed by atoms with van der Waals surface area (Å²) in [5, 5.41) is 0.487. The number of amides is 1. The second kappa shape index (κ2) is 6.86. The molecule has 1 N–H and O–H groups in total. The van der Waals surface area contributed by atoms with Gasteiger partial charge in [0.15, 0.2) is 4.77 Å². The van der Waals surface area contributed by atoms with Gasteiger partial charge in [0, 0.05) is 18.7 Å². The van der Waals surface area contributed by atoms with Crippen LogP contribution in [0.2, 0.25) is 0 Å². The maximum atomic E-state index is 12.9. The number of carbonyl (C=O) groups excluding carboxylic acids is 1. The van der Waals surface area contributed by atoms with Crippen LogP contribution in [0.5, 0.6) is 0 Å². The molecule has 2 aromatic carbocycles. The van der Waals surface area contributed by atoms with Crippen LogP contribution in [0.1, 0.15) is 10.4 Å². The molecule has 0 saturated carbocycles. The van der Waals surface area contributed by atoms with Crippen LogP contribution in [0.15, 0.2) is 53.3 Å². The second-order valence-electron chi connectivity index (χ2n) is 6.07. The molecule has 7 heteroatoms. The number of rotatable bonds is 2. The normalized spacial score (nSPS) is 14.5. The van der Waals surface area contributed by atoms with Crippen molar-refractivity contribution in [1.82, 2.24) is 14.5 Å². The maximum Gasteiger partial charge on any atom is 0.266 e. The molecule has 1 aromatic heterocycles. The topological polar surface area (TPSA) is 67.3 Å². The number of nitrogens with one attached hydrogen (secondary N) is 1. The number of para-hydroxylation sites is 1. The molecule has 2 heterocycles. The third-order valence-corrected chi connectivity index (χ3v) is 4.74. The van der Waals surface area contributed by atoms with Gasteiger partial charge in [-0.3, -0.25) is 14.2 Å². The van der Waals surface area contributed by atoms with Crippen LogP contribution in [0.3, 0.4) is 0 Å². The Hall–Kier alpha value is -2.77. The number of hydrogen-bond acceptors (Lipinski definition) is 4. The number of nitrogens with zero attached hydrogens (tertiary/aromatic N) is 2. The fourth-order valence-electron chi connectivity index (χ4n) is 3.11. The van der Waals surface area contributed by atoms with Gasteiger partial charge in [0.05, 0.1) is 29.8 Å². The SMILES string of the molecule is O=C(c1ccc2c(=O)n(-c3ccccc3)c(=S)[nH]c2c1)N1CCOCC1. The van der Waals surface area contributed by atoms with Crippen molar-refractivity contribution >= 4 is 29.0 Å². The molecule has 1 amide bonds. The first-order valence-electron chi connectivity index (χ1n) is 8.37. The van der Waals surface area contributed by atoms with Crippen LogP contribution < -0.4 is 5.56 Å². The van der Waals surface area contributed by atoms with E-state index in [0.717, 1.165) is 0 Å². The Bertz CT molecular complexity index is 1080. The van der Waals surface area contributed by atoms with E-state index in [1.807, 2.05) is 30.3 Å². The molecule has 6 nitrogen and oxygen atoms in total. The molecule has 26 heavy (non-hydrogen) atoms. The van der Waals surface area contributed by atoms with Crippen molar-refractivity contribution in [2.45, 2.75) is 0 Å². The number of aromatic nitrogens is 2. The summed E-state index contributed by atoms with van der Waals surface area (Å²) in [7, 11) is 0. The van der Waals surface area contributed by atoms with Gasteiger partial charge in [-0.15, -0.1) is 0 Å². The van der Waals surface area contributed by atoms with Crippen molar-refractivity contribution in [2.24, 2.45) is 0 Å². The second-order valence-corrected chi connectivity index (χ2v) is 6.46. The van der Waals surface area contributed by atoms with Crippen LogP contribution in [-0.2, 0) is 4.74 Å². The van der Waals surface area contributed by atoms with E-state index >= 15 is 0 Å². The van der Waals surface area contributed by atoms with E-state index in [1.165, 1.54) is 4.57 Å². The summed E-state index contributed by atoms with van der Waals surface area (Å²) in [6.45, 7) is 2.23. The molecule has 132 valence electrons. The van der Waals surface area contributed by atoms with Gasteiger partial charge in [-0.25, -0.2) is 0 Å². The lowest BCUT2D eigenvalue weighted by molar-refractivity contribution is 0.0303. The van der Waals surface area contributed by atoms with Crippen LogP contribution in [-0.4, -0.2) is 46.7 Å². The quantitative estimate of drug-likeness (QED) is 0.707. The number of morpholine rings is 1. The lowest BCUT2D eigenvalue weighted by atomic mass is 10.1. The lowest BCUT2D eigenvalue weighted by Crippen LogP contribution is -2.40. The van der Waals surface area contributed by atoms with E-state index in [9.17, 15) is 9.59 Å². The van der Waals surface area contributed by atoms with Crippen LogP contribution in [0.25, 0.3) is 16.6 Å². The van der Waals surface area contributed by atoms with Gasteiger partial charge in [-0.05, 0) is 42.5 Å². The van der Waals surface area contributed by atoms with Gasteiger partial charge >= 0.3 is 0 Å². The van der Waals surface area contributed by atoms with Crippen molar-refractivity contribution in [1.29, 1.82) is 0 Å². The highest BCUT2D eigenvalue weighted by atomic mass is 32.1. The summed E-state index contributed by atoms with van der Waals surface area (Å²) in [4.78, 5) is 30.4. The summed E-state index contributed by atoms with van der Waals surface area (Å²) in [6.07, 6.45) is 0. The van der Waals surface area contributed by atoms with E-state index in [-0.39, 0.29) is 11.5 Å². The molecule has 0 unspecified atom stereocenters. The fraction of sp³-hybridized carbons (Fsp3) is 0.211. The van der Waals surface area contributed by atoms with Gasteiger partial charge in [0.25, 0.3) is 11.5 Å². The minimum absolute atomic E-state index is 0.0678. The Balaban J connectivity index is 1.80. The first-order valence-corrected chi connectivity index (χ1v) is 8.77.